The molecular weight excluding hydrogens is 422 g/mol. The Balaban J connectivity index is 1.51. The number of halogens is 1. The van der Waals surface area contributed by atoms with Crippen LogP contribution >= 0.6 is 11.6 Å². The lowest BCUT2D eigenvalue weighted by atomic mass is 10.1. The van der Waals surface area contributed by atoms with Crippen molar-refractivity contribution in [2.45, 2.75) is 6.92 Å². The number of rotatable bonds is 5. The van der Waals surface area contributed by atoms with Gasteiger partial charge in [-0.1, -0.05) is 60.1 Å². The summed E-state index contributed by atoms with van der Waals surface area (Å²) in [5, 5.41) is 6.00. The van der Waals surface area contributed by atoms with E-state index in [1.165, 1.54) is 0 Å². The van der Waals surface area contributed by atoms with Crippen molar-refractivity contribution in [1.29, 1.82) is 0 Å². The molecule has 0 unspecified atom stereocenters. The number of hydrogen-bond donors (Lipinski definition) is 2. The molecule has 0 atom stereocenters. The minimum absolute atomic E-state index is 0.285. The molecule has 1 heterocycles. The van der Waals surface area contributed by atoms with Crippen LogP contribution in [0.3, 0.4) is 0 Å². The molecule has 4 aromatic rings. The van der Waals surface area contributed by atoms with E-state index in [9.17, 15) is 9.59 Å². The Labute approximate surface area is 191 Å². The van der Waals surface area contributed by atoms with E-state index in [2.05, 4.69) is 15.6 Å². The summed E-state index contributed by atoms with van der Waals surface area (Å²) in [5.74, 6) is -0.579. The minimum atomic E-state index is -0.294. The first-order chi connectivity index (χ1) is 15.5. The molecule has 0 saturated heterocycles. The fourth-order valence-electron chi connectivity index (χ4n) is 3.24. The number of nitrogens with zero attached hydrogens (tertiary/aromatic N) is 1. The summed E-state index contributed by atoms with van der Waals surface area (Å²) in [7, 11) is 0. The molecule has 5 nitrogen and oxygen atoms in total. The van der Waals surface area contributed by atoms with Gasteiger partial charge in [0.25, 0.3) is 11.8 Å². The molecule has 0 aliphatic rings. The van der Waals surface area contributed by atoms with Gasteiger partial charge in [0.2, 0.25) is 0 Å². The predicted molar refractivity (Wildman–Crippen MR) is 128 cm³/mol. The molecule has 4 rings (SSSR count). The standard InChI is InChI=1S/C26H20ClN3O2/c1-17-14-23(18-8-4-2-5-9-18)28-16-21(17)26(32)29-20-12-13-22(27)24(15-20)30-25(31)19-10-6-3-7-11-19/h2-16H,1H3,(H,29,32)(H,30,31). The van der Waals surface area contributed by atoms with E-state index < -0.39 is 0 Å². The fraction of sp³-hybridized carbons (Fsp3) is 0.0385. The first-order valence-electron chi connectivity index (χ1n) is 10.0. The van der Waals surface area contributed by atoms with E-state index in [1.54, 1.807) is 48.7 Å². The van der Waals surface area contributed by atoms with Crippen molar-refractivity contribution >= 4 is 34.8 Å². The van der Waals surface area contributed by atoms with Gasteiger partial charge in [-0.3, -0.25) is 14.6 Å². The van der Waals surface area contributed by atoms with Gasteiger partial charge < -0.3 is 10.6 Å². The maximum atomic E-state index is 12.9. The number of hydrogen-bond acceptors (Lipinski definition) is 3. The number of carbonyl (C=O) groups is 2. The van der Waals surface area contributed by atoms with Crippen LogP contribution in [-0.2, 0) is 0 Å². The van der Waals surface area contributed by atoms with Crippen LogP contribution in [0.2, 0.25) is 5.02 Å². The van der Waals surface area contributed by atoms with E-state index in [0.29, 0.717) is 27.5 Å². The molecule has 2 N–H and O–H groups in total. The van der Waals surface area contributed by atoms with E-state index in [0.717, 1.165) is 16.8 Å². The first-order valence-corrected chi connectivity index (χ1v) is 10.4. The third kappa shape index (κ3) is 4.85. The number of nitrogens with one attached hydrogen (secondary N) is 2. The van der Waals surface area contributed by atoms with E-state index in [-0.39, 0.29) is 11.8 Å². The summed E-state index contributed by atoms with van der Waals surface area (Å²) >= 11 is 6.24. The summed E-state index contributed by atoms with van der Waals surface area (Å²) in [5.41, 5.74) is 4.49. The van der Waals surface area contributed by atoms with Crippen molar-refractivity contribution in [2.75, 3.05) is 10.6 Å². The van der Waals surface area contributed by atoms with Gasteiger partial charge in [0, 0.05) is 23.0 Å². The second kappa shape index (κ2) is 9.45. The van der Waals surface area contributed by atoms with Gasteiger partial charge in [-0.05, 0) is 48.9 Å². The topological polar surface area (TPSA) is 71.1 Å². The molecule has 1 aromatic heterocycles. The Bertz CT molecular complexity index is 1280. The number of amides is 2. The number of aromatic nitrogens is 1. The molecule has 32 heavy (non-hydrogen) atoms. The molecule has 158 valence electrons. The van der Waals surface area contributed by atoms with Crippen LogP contribution in [0.1, 0.15) is 26.3 Å². The largest absolute Gasteiger partial charge is 0.322 e. The van der Waals surface area contributed by atoms with Gasteiger partial charge in [0.1, 0.15) is 0 Å². The second-order valence-electron chi connectivity index (χ2n) is 7.22. The highest BCUT2D eigenvalue weighted by molar-refractivity contribution is 6.34. The SMILES string of the molecule is Cc1cc(-c2ccccc2)ncc1C(=O)Nc1ccc(Cl)c(NC(=O)c2ccccc2)c1. The van der Waals surface area contributed by atoms with Gasteiger partial charge in [-0.15, -0.1) is 0 Å². The molecule has 0 bridgehead atoms. The second-order valence-corrected chi connectivity index (χ2v) is 7.63. The summed E-state index contributed by atoms with van der Waals surface area (Å²) in [6.07, 6.45) is 1.57. The van der Waals surface area contributed by atoms with Gasteiger partial charge in [0.05, 0.1) is 22.0 Å². The third-order valence-corrected chi connectivity index (χ3v) is 5.26. The molecule has 2 amide bonds. The molecule has 0 aliphatic carbocycles. The molecule has 0 saturated carbocycles. The quantitative estimate of drug-likeness (QED) is 0.386. The van der Waals surface area contributed by atoms with Gasteiger partial charge in [0.15, 0.2) is 0 Å². The van der Waals surface area contributed by atoms with Gasteiger partial charge in [-0.25, -0.2) is 0 Å². The van der Waals surface area contributed by atoms with Crippen LogP contribution in [-0.4, -0.2) is 16.8 Å². The van der Waals surface area contributed by atoms with Crippen LogP contribution in [0, 0.1) is 6.92 Å². The monoisotopic (exact) mass is 441 g/mol. The maximum Gasteiger partial charge on any atom is 0.257 e. The van der Waals surface area contributed by atoms with Crippen molar-refractivity contribution in [2.24, 2.45) is 0 Å². The lowest BCUT2D eigenvalue weighted by Gasteiger charge is -2.12. The van der Waals surface area contributed by atoms with E-state index >= 15 is 0 Å². The number of pyridine rings is 1. The summed E-state index contributed by atoms with van der Waals surface area (Å²) in [4.78, 5) is 29.7. The lowest BCUT2D eigenvalue weighted by Crippen LogP contribution is -2.15. The summed E-state index contributed by atoms with van der Waals surface area (Å²) in [6.45, 7) is 1.87. The zero-order valence-electron chi connectivity index (χ0n) is 17.3. The van der Waals surface area contributed by atoms with Crippen LogP contribution in [0.25, 0.3) is 11.3 Å². The highest BCUT2D eigenvalue weighted by atomic mass is 35.5. The van der Waals surface area contributed by atoms with Crippen molar-refractivity contribution in [1.82, 2.24) is 4.98 Å². The Hall–Kier alpha value is -3.96. The first kappa shape index (κ1) is 21.3. The smallest absolute Gasteiger partial charge is 0.257 e. The molecule has 0 aliphatic heterocycles. The molecule has 0 radical (unpaired) electrons. The third-order valence-electron chi connectivity index (χ3n) is 4.93. The van der Waals surface area contributed by atoms with E-state index in [1.807, 2.05) is 49.4 Å². The molecule has 0 spiro atoms. The van der Waals surface area contributed by atoms with Crippen LogP contribution in [0.5, 0.6) is 0 Å². The van der Waals surface area contributed by atoms with Crippen LogP contribution in [0.4, 0.5) is 11.4 Å². The highest BCUT2D eigenvalue weighted by Gasteiger charge is 2.14. The normalized spacial score (nSPS) is 10.4. The Morgan fingerprint density at radius 3 is 2.19 bits per heavy atom. The van der Waals surface area contributed by atoms with Crippen molar-refractivity contribution in [3.63, 3.8) is 0 Å². The number of benzene rings is 3. The van der Waals surface area contributed by atoms with Gasteiger partial charge in [-0.2, -0.15) is 0 Å². The summed E-state index contributed by atoms with van der Waals surface area (Å²) in [6, 6.07) is 25.4. The highest BCUT2D eigenvalue weighted by Crippen LogP contribution is 2.27. The van der Waals surface area contributed by atoms with Crippen LogP contribution in [0.15, 0.2) is 91.1 Å². The Kier molecular flexibility index (Phi) is 6.29. The van der Waals surface area contributed by atoms with Crippen LogP contribution < -0.4 is 10.6 Å². The van der Waals surface area contributed by atoms with Crippen molar-refractivity contribution in [3.05, 3.63) is 113 Å². The Morgan fingerprint density at radius 1 is 0.812 bits per heavy atom. The average Bonchev–Trinajstić information content (AvgIpc) is 2.82. The zero-order chi connectivity index (χ0) is 22.5. The predicted octanol–water partition coefficient (Wildman–Crippen LogP) is 6.22. The Morgan fingerprint density at radius 2 is 1.50 bits per heavy atom. The number of carbonyl (C=O) groups excluding carboxylic acids is 2. The average molecular weight is 442 g/mol. The summed E-state index contributed by atoms with van der Waals surface area (Å²) < 4.78 is 0. The van der Waals surface area contributed by atoms with Gasteiger partial charge >= 0.3 is 0 Å². The minimum Gasteiger partial charge on any atom is -0.322 e. The molecule has 0 fully saturated rings. The molecular formula is C26H20ClN3O2. The number of anilines is 2. The lowest BCUT2D eigenvalue weighted by molar-refractivity contribution is 0.101. The maximum absolute atomic E-state index is 12.9. The number of aryl methyl sites for hydroxylation is 1. The molecule has 3 aromatic carbocycles. The van der Waals surface area contributed by atoms with Crippen molar-refractivity contribution in [3.8, 4) is 11.3 Å². The molecule has 6 heteroatoms. The zero-order valence-corrected chi connectivity index (χ0v) is 18.1. The van der Waals surface area contributed by atoms with Crippen molar-refractivity contribution < 1.29 is 9.59 Å². The fourth-order valence-corrected chi connectivity index (χ4v) is 3.41. The van der Waals surface area contributed by atoms with E-state index in [4.69, 9.17) is 11.6 Å².